The predicted octanol–water partition coefficient (Wildman–Crippen LogP) is 3.59. The van der Waals surface area contributed by atoms with E-state index in [2.05, 4.69) is 9.97 Å². The first-order valence-corrected chi connectivity index (χ1v) is 7.00. The summed E-state index contributed by atoms with van der Waals surface area (Å²) in [6.45, 7) is 0. The Morgan fingerprint density at radius 1 is 1.20 bits per heavy atom. The van der Waals surface area contributed by atoms with Crippen LogP contribution in [0.3, 0.4) is 0 Å². The van der Waals surface area contributed by atoms with Crippen LogP contribution in [-0.2, 0) is 4.74 Å². The van der Waals surface area contributed by atoms with Crippen LogP contribution in [0.25, 0.3) is 22.6 Å². The molecule has 3 aromatic rings. The molecule has 0 spiro atoms. The van der Waals surface area contributed by atoms with E-state index in [1.165, 1.54) is 7.11 Å². The van der Waals surface area contributed by atoms with Gasteiger partial charge in [0, 0.05) is 16.5 Å². The van der Waals surface area contributed by atoms with Crippen molar-refractivity contribution in [3.8, 4) is 22.6 Å². The quantitative estimate of drug-likeness (QED) is 0.748. The number of ether oxygens (including phenoxy) is 1. The number of thiophene rings is 1. The molecule has 5 heteroatoms. The van der Waals surface area contributed by atoms with E-state index in [1.54, 1.807) is 11.3 Å². The summed E-state index contributed by atoms with van der Waals surface area (Å²) in [4.78, 5) is 19.5. The lowest BCUT2D eigenvalue weighted by molar-refractivity contribution is 0.0595. The van der Waals surface area contributed by atoms with Gasteiger partial charge in [0.05, 0.1) is 12.8 Å². The minimum Gasteiger partial charge on any atom is -0.464 e. The van der Waals surface area contributed by atoms with Crippen LogP contribution in [0.4, 0.5) is 0 Å². The maximum Gasteiger partial charge on any atom is 0.358 e. The van der Waals surface area contributed by atoms with Gasteiger partial charge >= 0.3 is 5.97 Å². The first-order chi connectivity index (χ1) is 9.79. The smallest absolute Gasteiger partial charge is 0.358 e. The Morgan fingerprint density at radius 3 is 2.65 bits per heavy atom. The molecule has 0 saturated heterocycles. The summed E-state index contributed by atoms with van der Waals surface area (Å²) < 4.78 is 4.81. The minimum absolute atomic E-state index is 0.310. The van der Waals surface area contributed by atoms with Crippen LogP contribution in [0.5, 0.6) is 0 Å². The highest BCUT2D eigenvalue weighted by Gasteiger charge is 2.20. The Hall–Kier alpha value is -2.40. The number of aromatic amines is 1. The molecule has 0 atom stereocenters. The van der Waals surface area contributed by atoms with Crippen molar-refractivity contribution in [2.75, 3.05) is 7.11 Å². The Bertz CT molecular complexity index is 718. The summed E-state index contributed by atoms with van der Waals surface area (Å²) in [6, 6.07) is 11.6. The van der Waals surface area contributed by atoms with Gasteiger partial charge in [-0.15, -0.1) is 0 Å². The third kappa shape index (κ3) is 2.23. The SMILES string of the molecule is COC(=O)c1nc(-c2ccccc2)[nH]c1-c1ccsc1. The fraction of sp³-hybridized carbons (Fsp3) is 0.0667. The molecule has 4 nitrogen and oxygen atoms in total. The zero-order valence-electron chi connectivity index (χ0n) is 10.8. The predicted molar refractivity (Wildman–Crippen MR) is 78.7 cm³/mol. The molecule has 2 heterocycles. The monoisotopic (exact) mass is 284 g/mol. The number of aromatic nitrogens is 2. The average Bonchev–Trinajstić information content (AvgIpc) is 3.16. The zero-order valence-corrected chi connectivity index (χ0v) is 11.6. The molecule has 0 aliphatic rings. The zero-order chi connectivity index (χ0) is 13.9. The first kappa shape index (κ1) is 12.6. The highest BCUT2D eigenvalue weighted by atomic mass is 32.1. The van der Waals surface area contributed by atoms with Crippen molar-refractivity contribution in [2.45, 2.75) is 0 Å². The van der Waals surface area contributed by atoms with Gasteiger partial charge in [-0.1, -0.05) is 30.3 Å². The normalized spacial score (nSPS) is 10.4. The third-order valence-electron chi connectivity index (χ3n) is 2.94. The maximum atomic E-state index is 11.9. The number of methoxy groups -OCH3 is 1. The second-order valence-electron chi connectivity index (χ2n) is 4.18. The lowest BCUT2D eigenvalue weighted by Crippen LogP contribution is -2.03. The van der Waals surface area contributed by atoms with Gasteiger partial charge in [0.25, 0.3) is 0 Å². The molecule has 3 rings (SSSR count). The lowest BCUT2D eigenvalue weighted by atomic mass is 10.2. The Morgan fingerprint density at radius 2 is 2.00 bits per heavy atom. The summed E-state index contributed by atoms with van der Waals surface area (Å²) >= 11 is 1.57. The lowest BCUT2D eigenvalue weighted by Gasteiger charge is -1.97. The van der Waals surface area contributed by atoms with E-state index in [1.807, 2.05) is 47.2 Å². The standard InChI is InChI=1S/C15H12N2O2S/c1-19-15(18)13-12(11-7-8-20-9-11)16-14(17-13)10-5-3-2-4-6-10/h2-9H,1H3,(H,16,17). The summed E-state index contributed by atoms with van der Waals surface area (Å²) in [6.07, 6.45) is 0. The first-order valence-electron chi connectivity index (χ1n) is 6.06. The highest BCUT2D eigenvalue weighted by molar-refractivity contribution is 7.08. The van der Waals surface area contributed by atoms with Crippen LogP contribution < -0.4 is 0 Å². The number of hydrogen-bond donors (Lipinski definition) is 1. The second-order valence-corrected chi connectivity index (χ2v) is 4.96. The molecule has 0 fully saturated rings. The number of esters is 1. The number of carbonyl (C=O) groups excluding carboxylic acids is 1. The van der Waals surface area contributed by atoms with Crippen LogP contribution in [0, 0.1) is 0 Å². The molecule has 2 aromatic heterocycles. The number of carbonyl (C=O) groups is 1. The van der Waals surface area contributed by atoms with E-state index in [0.717, 1.165) is 11.1 Å². The van der Waals surface area contributed by atoms with E-state index in [4.69, 9.17) is 4.74 Å². The number of imidazole rings is 1. The summed E-state index contributed by atoms with van der Waals surface area (Å²) in [5.41, 5.74) is 2.87. The summed E-state index contributed by atoms with van der Waals surface area (Å²) in [7, 11) is 1.36. The molecule has 1 aromatic carbocycles. The van der Waals surface area contributed by atoms with Crippen molar-refractivity contribution in [1.29, 1.82) is 0 Å². The highest BCUT2D eigenvalue weighted by Crippen LogP contribution is 2.28. The van der Waals surface area contributed by atoms with Gasteiger partial charge in [0.2, 0.25) is 0 Å². The molecule has 20 heavy (non-hydrogen) atoms. The number of rotatable bonds is 3. The number of benzene rings is 1. The number of hydrogen-bond acceptors (Lipinski definition) is 4. The summed E-state index contributed by atoms with van der Waals surface area (Å²) in [5, 5.41) is 3.92. The fourth-order valence-electron chi connectivity index (χ4n) is 1.97. The maximum absolute atomic E-state index is 11.9. The average molecular weight is 284 g/mol. The Balaban J connectivity index is 2.14. The van der Waals surface area contributed by atoms with Crippen molar-refractivity contribution in [3.63, 3.8) is 0 Å². The largest absolute Gasteiger partial charge is 0.464 e. The van der Waals surface area contributed by atoms with Crippen LogP contribution in [-0.4, -0.2) is 23.0 Å². The van der Waals surface area contributed by atoms with Gasteiger partial charge in [-0.2, -0.15) is 11.3 Å². The molecule has 0 amide bonds. The summed E-state index contributed by atoms with van der Waals surface area (Å²) in [5.74, 6) is 0.219. The number of H-pyrrole nitrogens is 1. The van der Waals surface area contributed by atoms with Gasteiger partial charge in [-0.05, 0) is 11.4 Å². The van der Waals surface area contributed by atoms with E-state index in [-0.39, 0.29) is 0 Å². The number of nitrogens with one attached hydrogen (secondary N) is 1. The molecular weight excluding hydrogens is 272 g/mol. The molecule has 1 N–H and O–H groups in total. The van der Waals surface area contributed by atoms with Gasteiger partial charge in [0.1, 0.15) is 5.82 Å². The number of nitrogens with zero attached hydrogens (tertiary/aromatic N) is 1. The molecule has 0 aliphatic carbocycles. The van der Waals surface area contributed by atoms with E-state index in [0.29, 0.717) is 17.2 Å². The molecular formula is C15H12N2O2S. The minimum atomic E-state index is -0.440. The topological polar surface area (TPSA) is 55.0 Å². The van der Waals surface area contributed by atoms with Crippen molar-refractivity contribution in [3.05, 3.63) is 52.9 Å². The van der Waals surface area contributed by atoms with Crippen LogP contribution >= 0.6 is 11.3 Å². The van der Waals surface area contributed by atoms with Crippen LogP contribution in [0.2, 0.25) is 0 Å². The Kier molecular flexibility index (Phi) is 3.35. The van der Waals surface area contributed by atoms with E-state index >= 15 is 0 Å². The van der Waals surface area contributed by atoms with Gasteiger partial charge in [-0.3, -0.25) is 0 Å². The van der Waals surface area contributed by atoms with Crippen molar-refractivity contribution >= 4 is 17.3 Å². The van der Waals surface area contributed by atoms with Gasteiger partial charge < -0.3 is 9.72 Å². The Labute approximate surface area is 120 Å². The van der Waals surface area contributed by atoms with Crippen LogP contribution in [0.15, 0.2) is 47.2 Å². The van der Waals surface area contributed by atoms with E-state index < -0.39 is 5.97 Å². The molecule has 0 saturated carbocycles. The molecule has 0 aliphatic heterocycles. The van der Waals surface area contributed by atoms with Crippen molar-refractivity contribution in [2.24, 2.45) is 0 Å². The molecule has 0 bridgehead atoms. The molecule has 100 valence electrons. The van der Waals surface area contributed by atoms with Crippen molar-refractivity contribution in [1.82, 2.24) is 9.97 Å². The fourth-order valence-corrected chi connectivity index (χ4v) is 2.61. The van der Waals surface area contributed by atoms with Crippen LogP contribution in [0.1, 0.15) is 10.5 Å². The van der Waals surface area contributed by atoms with Gasteiger partial charge in [0.15, 0.2) is 5.69 Å². The second kappa shape index (κ2) is 5.30. The molecule has 0 unspecified atom stereocenters. The van der Waals surface area contributed by atoms with E-state index in [9.17, 15) is 4.79 Å². The molecule has 0 radical (unpaired) electrons. The third-order valence-corrected chi connectivity index (χ3v) is 3.62. The van der Waals surface area contributed by atoms with Crippen molar-refractivity contribution < 1.29 is 9.53 Å². The van der Waals surface area contributed by atoms with Gasteiger partial charge in [-0.25, -0.2) is 9.78 Å².